The minimum atomic E-state index is -0.159. The normalized spacial score (nSPS) is 16.1. The van der Waals surface area contributed by atoms with Crippen LogP contribution in [0.4, 0.5) is 0 Å². The summed E-state index contributed by atoms with van der Waals surface area (Å²) in [5.74, 6) is 0. The van der Waals surface area contributed by atoms with Crippen LogP contribution in [0.1, 0.15) is 50.7 Å². The second kappa shape index (κ2) is 5.30. The molecular formula is C13H23NOS. The predicted molar refractivity (Wildman–Crippen MR) is 70.9 cm³/mol. The minimum absolute atomic E-state index is 0.0185. The molecule has 0 aliphatic rings. The molecular weight excluding hydrogens is 218 g/mol. The fraction of sp³-hybridized carbons (Fsp3) is 0.692. The zero-order valence-electron chi connectivity index (χ0n) is 10.9. The summed E-state index contributed by atoms with van der Waals surface area (Å²) >= 11 is 1.74. The third-order valence-electron chi connectivity index (χ3n) is 2.50. The van der Waals surface area contributed by atoms with Gasteiger partial charge in [-0.1, -0.05) is 6.92 Å². The van der Waals surface area contributed by atoms with Crippen LogP contribution in [0, 0.1) is 6.92 Å². The molecule has 0 amide bonds. The minimum Gasteiger partial charge on any atom is -0.365 e. The second-order valence-corrected chi connectivity index (χ2v) is 6.14. The van der Waals surface area contributed by atoms with Crippen molar-refractivity contribution in [2.24, 2.45) is 5.73 Å². The fourth-order valence-electron chi connectivity index (χ4n) is 1.61. The Morgan fingerprint density at radius 2 is 2.06 bits per heavy atom. The van der Waals surface area contributed by atoms with Gasteiger partial charge >= 0.3 is 0 Å². The summed E-state index contributed by atoms with van der Waals surface area (Å²) in [4.78, 5) is 1.27. The lowest BCUT2D eigenvalue weighted by Gasteiger charge is -2.31. The van der Waals surface area contributed by atoms with Crippen LogP contribution in [0.15, 0.2) is 11.4 Å². The monoisotopic (exact) mass is 241 g/mol. The Bertz CT molecular complexity index is 327. The smallest absolute Gasteiger partial charge is 0.108 e. The summed E-state index contributed by atoms with van der Waals surface area (Å²) in [6.07, 6.45) is 0.947. The van der Waals surface area contributed by atoms with Gasteiger partial charge in [-0.3, -0.25) is 0 Å². The van der Waals surface area contributed by atoms with Gasteiger partial charge in [-0.2, -0.15) is 0 Å². The molecule has 2 unspecified atom stereocenters. The van der Waals surface area contributed by atoms with E-state index in [1.54, 1.807) is 11.3 Å². The lowest BCUT2D eigenvalue weighted by molar-refractivity contribution is -0.0714. The molecule has 0 aliphatic heterocycles. The number of aryl methyl sites for hydroxylation is 1. The third-order valence-corrected chi connectivity index (χ3v) is 3.58. The standard InChI is InChI=1S/C13H23NOS/c1-6-10(14)11(15-13(3,4)5)12-9(2)7-8-16-12/h7-8,10-11H,6,14H2,1-5H3. The van der Waals surface area contributed by atoms with Crippen LogP contribution in [-0.2, 0) is 4.74 Å². The van der Waals surface area contributed by atoms with E-state index < -0.39 is 0 Å². The molecule has 92 valence electrons. The van der Waals surface area contributed by atoms with Crippen molar-refractivity contribution >= 4 is 11.3 Å². The maximum atomic E-state index is 6.17. The highest BCUT2D eigenvalue weighted by Crippen LogP contribution is 2.33. The molecule has 1 aromatic heterocycles. The van der Waals surface area contributed by atoms with Crippen LogP contribution in [0.5, 0.6) is 0 Å². The number of hydrogen-bond acceptors (Lipinski definition) is 3. The Morgan fingerprint density at radius 1 is 1.44 bits per heavy atom. The van der Waals surface area contributed by atoms with Crippen LogP contribution in [-0.4, -0.2) is 11.6 Å². The maximum Gasteiger partial charge on any atom is 0.108 e. The molecule has 2 nitrogen and oxygen atoms in total. The highest BCUT2D eigenvalue weighted by Gasteiger charge is 2.27. The highest BCUT2D eigenvalue weighted by atomic mass is 32.1. The first-order valence-corrected chi connectivity index (χ1v) is 6.70. The molecule has 0 fully saturated rings. The van der Waals surface area contributed by atoms with E-state index in [0.29, 0.717) is 0 Å². The maximum absolute atomic E-state index is 6.17. The summed E-state index contributed by atoms with van der Waals surface area (Å²) < 4.78 is 6.10. The van der Waals surface area contributed by atoms with E-state index in [0.717, 1.165) is 6.42 Å². The summed E-state index contributed by atoms with van der Waals surface area (Å²) in [5.41, 5.74) is 7.29. The Balaban J connectivity index is 2.93. The van der Waals surface area contributed by atoms with Crippen LogP contribution in [0.25, 0.3) is 0 Å². The lowest BCUT2D eigenvalue weighted by Crippen LogP contribution is -2.34. The van der Waals surface area contributed by atoms with Gasteiger partial charge in [0.05, 0.1) is 5.60 Å². The first-order valence-electron chi connectivity index (χ1n) is 5.82. The van der Waals surface area contributed by atoms with E-state index in [1.807, 2.05) is 0 Å². The van der Waals surface area contributed by atoms with Crippen molar-refractivity contribution in [1.29, 1.82) is 0 Å². The summed E-state index contributed by atoms with van der Waals surface area (Å²) in [6, 6.07) is 2.19. The van der Waals surface area contributed by atoms with Crippen molar-refractivity contribution in [3.8, 4) is 0 Å². The molecule has 3 heteroatoms. The van der Waals surface area contributed by atoms with Gasteiger partial charge in [0.2, 0.25) is 0 Å². The third kappa shape index (κ3) is 3.58. The van der Waals surface area contributed by atoms with Crippen molar-refractivity contribution < 1.29 is 4.74 Å². The van der Waals surface area contributed by atoms with Gasteiger partial charge in [0, 0.05) is 10.9 Å². The summed E-state index contributed by atoms with van der Waals surface area (Å²) in [5, 5.41) is 2.10. The Labute approximate surface area is 103 Å². The van der Waals surface area contributed by atoms with Gasteiger partial charge in [-0.15, -0.1) is 11.3 Å². The Hall–Kier alpha value is -0.380. The van der Waals surface area contributed by atoms with E-state index in [-0.39, 0.29) is 17.7 Å². The number of rotatable bonds is 4. The van der Waals surface area contributed by atoms with Gasteiger partial charge in [-0.05, 0) is 51.1 Å². The van der Waals surface area contributed by atoms with Crippen LogP contribution in [0.2, 0.25) is 0 Å². The van der Waals surface area contributed by atoms with E-state index in [9.17, 15) is 0 Å². The largest absolute Gasteiger partial charge is 0.365 e. The summed E-state index contributed by atoms with van der Waals surface area (Å²) in [6.45, 7) is 10.4. The average molecular weight is 241 g/mol. The van der Waals surface area contributed by atoms with Crippen LogP contribution < -0.4 is 5.73 Å². The SMILES string of the molecule is CCC(N)C(OC(C)(C)C)c1sccc1C. The molecule has 1 heterocycles. The molecule has 2 atom stereocenters. The summed E-state index contributed by atoms with van der Waals surface area (Å²) in [7, 11) is 0. The van der Waals surface area contributed by atoms with Gasteiger partial charge in [-0.25, -0.2) is 0 Å². The van der Waals surface area contributed by atoms with Crippen molar-refractivity contribution in [2.45, 2.75) is 58.8 Å². The Morgan fingerprint density at radius 3 is 2.44 bits per heavy atom. The van der Waals surface area contributed by atoms with E-state index in [2.05, 4.69) is 46.1 Å². The van der Waals surface area contributed by atoms with Gasteiger partial charge in [0.15, 0.2) is 0 Å². The number of ether oxygens (including phenoxy) is 1. The molecule has 0 aliphatic carbocycles. The number of nitrogens with two attached hydrogens (primary N) is 1. The molecule has 1 rings (SSSR count). The van der Waals surface area contributed by atoms with E-state index in [4.69, 9.17) is 10.5 Å². The average Bonchev–Trinajstić information content (AvgIpc) is 2.58. The van der Waals surface area contributed by atoms with Gasteiger partial charge < -0.3 is 10.5 Å². The van der Waals surface area contributed by atoms with Gasteiger partial charge in [0.25, 0.3) is 0 Å². The quantitative estimate of drug-likeness (QED) is 0.873. The van der Waals surface area contributed by atoms with Crippen LogP contribution >= 0.6 is 11.3 Å². The first-order chi connectivity index (χ1) is 7.35. The van der Waals surface area contributed by atoms with Crippen molar-refractivity contribution in [2.75, 3.05) is 0 Å². The van der Waals surface area contributed by atoms with E-state index >= 15 is 0 Å². The highest BCUT2D eigenvalue weighted by molar-refractivity contribution is 7.10. The van der Waals surface area contributed by atoms with Crippen molar-refractivity contribution in [3.63, 3.8) is 0 Å². The molecule has 0 spiro atoms. The lowest BCUT2D eigenvalue weighted by atomic mass is 10.0. The first kappa shape index (κ1) is 13.7. The van der Waals surface area contributed by atoms with Crippen molar-refractivity contribution in [1.82, 2.24) is 0 Å². The fourth-order valence-corrected chi connectivity index (χ4v) is 2.64. The number of thiophene rings is 1. The predicted octanol–water partition coefficient (Wildman–Crippen LogP) is 3.65. The molecule has 0 saturated heterocycles. The molecule has 0 radical (unpaired) electrons. The van der Waals surface area contributed by atoms with Gasteiger partial charge in [0.1, 0.15) is 6.10 Å². The molecule has 1 aromatic rings. The molecule has 0 bridgehead atoms. The zero-order valence-corrected chi connectivity index (χ0v) is 11.7. The molecule has 0 saturated carbocycles. The zero-order chi connectivity index (χ0) is 12.3. The molecule has 16 heavy (non-hydrogen) atoms. The molecule has 0 aromatic carbocycles. The molecule has 2 N–H and O–H groups in total. The van der Waals surface area contributed by atoms with Crippen molar-refractivity contribution in [3.05, 3.63) is 21.9 Å². The Kier molecular flexibility index (Phi) is 4.53. The number of hydrogen-bond donors (Lipinski definition) is 1. The second-order valence-electron chi connectivity index (χ2n) is 5.19. The topological polar surface area (TPSA) is 35.2 Å². The van der Waals surface area contributed by atoms with E-state index in [1.165, 1.54) is 10.4 Å². The van der Waals surface area contributed by atoms with Crippen LogP contribution in [0.3, 0.4) is 0 Å².